The first-order chi connectivity index (χ1) is 9.15. The largest absolute Gasteiger partial charge is 0.496 e. The van der Waals surface area contributed by atoms with Crippen LogP contribution in [0.2, 0.25) is 0 Å². The number of para-hydroxylation sites is 1. The first-order valence-electron chi connectivity index (χ1n) is 6.66. The molecule has 0 amide bonds. The lowest BCUT2D eigenvalue weighted by Gasteiger charge is -2.09. The molecule has 0 aliphatic carbocycles. The molecule has 1 aromatic carbocycles. The third kappa shape index (κ3) is 5.75. The fourth-order valence-electron chi connectivity index (χ4n) is 1.62. The Morgan fingerprint density at radius 2 is 2.00 bits per heavy atom. The van der Waals surface area contributed by atoms with E-state index in [0.717, 1.165) is 13.0 Å². The summed E-state index contributed by atoms with van der Waals surface area (Å²) in [5.41, 5.74) is 0.465. The molecule has 19 heavy (non-hydrogen) atoms. The van der Waals surface area contributed by atoms with E-state index in [1.54, 1.807) is 25.3 Å². The summed E-state index contributed by atoms with van der Waals surface area (Å²) < 4.78 is 10.3. The third-order valence-electron chi connectivity index (χ3n) is 2.74. The summed E-state index contributed by atoms with van der Waals surface area (Å²) in [6.07, 6.45) is 1.13. The average molecular weight is 265 g/mol. The van der Waals surface area contributed by atoms with Crippen LogP contribution in [0.1, 0.15) is 30.6 Å². The molecular formula is C15H23NO3. The van der Waals surface area contributed by atoms with E-state index in [1.807, 2.05) is 6.07 Å². The minimum absolute atomic E-state index is 0.344. The Bertz CT molecular complexity index is 391. The second kappa shape index (κ2) is 8.53. The van der Waals surface area contributed by atoms with E-state index in [2.05, 4.69) is 19.2 Å². The molecule has 0 radical (unpaired) electrons. The highest BCUT2D eigenvalue weighted by atomic mass is 16.5. The van der Waals surface area contributed by atoms with Gasteiger partial charge in [-0.2, -0.15) is 0 Å². The molecule has 0 heterocycles. The Labute approximate surface area is 115 Å². The predicted molar refractivity (Wildman–Crippen MR) is 75.6 cm³/mol. The molecule has 1 N–H and O–H groups in total. The van der Waals surface area contributed by atoms with Crippen molar-refractivity contribution in [3.05, 3.63) is 29.8 Å². The van der Waals surface area contributed by atoms with Gasteiger partial charge in [-0.25, -0.2) is 4.79 Å². The van der Waals surface area contributed by atoms with E-state index < -0.39 is 0 Å². The molecule has 4 heteroatoms. The first kappa shape index (κ1) is 15.5. The van der Waals surface area contributed by atoms with Gasteiger partial charge in [-0.05, 0) is 31.0 Å². The maximum absolute atomic E-state index is 11.8. The predicted octanol–water partition coefficient (Wildman–Crippen LogP) is 2.49. The Morgan fingerprint density at radius 1 is 1.26 bits per heavy atom. The van der Waals surface area contributed by atoms with Crippen molar-refractivity contribution >= 4 is 5.97 Å². The summed E-state index contributed by atoms with van der Waals surface area (Å²) in [5, 5.41) is 3.24. The molecule has 1 rings (SSSR count). The zero-order valence-corrected chi connectivity index (χ0v) is 11.9. The van der Waals surface area contributed by atoms with E-state index in [0.29, 0.717) is 30.4 Å². The molecule has 1 aromatic rings. The van der Waals surface area contributed by atoms with Crippen LogP contribution in [-0.4, -0.2) is 32.8 Å². The molecule has 0 fully saturated rings. The molecule has 0 atom stereocenters. The summed E-state index contributed by atoms with van der Waals surface area (Å²) in [6.45, 7) is 6.36. The van der Waals surface area contributed by atoms with Crippen LogP contribution in [0.15, 0.2) is 24.3 Å². The minimum atomic E-state index is -0.344. The SMILES string of the molecule is COc1ccccc1C(=O)OCCNCCC(C)C. The number of esters is 1. The minimum Gasteiger partial charge on any atom is -0.496 e. The number of rotatable bonds is 8. The number of methoxy groups -OCH3 is 1. The monoisotopic (exact) mass is 265 g/mol. The van der Waals surface area contributed by atoms with Gasteiger partial charge in [0.25, 0.3) is 0 Å². The van der Waals surface area contributed by atoms with Crippen molar-refractivity contribution < 1.29 is 14.3 Å². The Kier molecular flexibility index (Phi) is 6.97. The molecule has 0 spiro atoms. The van der Waals surface area contributed by atoms with Crippen LogP contribution in [0.3, 0.4) is 0 Å². The smallest absolute Gasteiger partial charge is 0.341 e. The number of carbonyl (C=O) groups is 1. The lowest BCUT2D eigenvalue weighted by Crippen LogP contribution is -2.23. The molecule has 0 saturated heterocycles. The summed E-state index contributed by atoms with van der Waals surface area (Å²) in [4.78, 5) is 11.8. The van der Waals surface area contributed by atoms with Crippen LogP contribution in [0.25, 0.3) is 0 Å². The van der Waals surface area contributed by atoms with Crippen molar-refractivity contribution in [2.75, 3.05) is 26.8 Å². The van der Waals surface area contributed by atoms with Crippen molar-refractivity contribution in [2.24, 2.45) is 5.92 Å². The molecule has 0 aromatic heterocycles. The van der Waals surface area contributed by atoms with E-state index in [4.69, 9.17) is 9.47 Å². The van der Waals surface area contributed by atoms with Crippen molar-refractivity contribution in [2.45, 2.75) is 20.3 Å². The summed E-state index contributed by atoms with van der Waals surface area (Å²) in [6, 6.07) is 7.06. The van der Waals surface area contributed by atoms with Crippen molar-refractivity contribution in [3.8, 4) is 5.75 Å². The fourth-order valence-corrected chi connectivity index (χ4v) is 1.62. The van der Waals surface area contributed by atoms with Crippen LogP contribution < -0.4 is 10.1 Å². The number of ether oxygens (including phenoxy) is 2. The topological polar surface area (TPSA) is 47.6 Å². The van der Waals surface area contributed by atoms with Gasteiger partial charge in [-0.15, -0.1) is 0 Å². The number of nitrogens with one attached hydrogen (secondary N) is 1. The Hall–Kier alpha value is -1.55. The van der Waals surface area contributed by atoms with Gasteiger partial charge in [0.05, 0.1) is 7.11 Å². The molecule has 0 saturated carbocycles. The Morgan fingerprint density at radius 3 is 2.68 bits per heavy atom. The molecule has 0 bridgehead atoms. The number of carbonyl (C=O) groups excluding carboxylic acids is 1. The number of benzene rings is 1. The highest BCUT2D eigenvalue weighted by Gasteiger charge is 2.12. The molecular weight excluding hydrogens is 242 g/mol. The van der Waals surface area contributed by atoms with Gasteiger partial charge in [-0.1, -0.05) is 26.0 Å². The molecule has 0 aliphatic heterocycles. The number of hydrogen-bond acceptors (Lipinski definition) is 4. The van der Waals surface area contributed by atoms with Gasteiger partial charge in [0.1, 0.15) is 17.9 Å². The van der Waals surface area contributed by atoms with Gasteiger partial charge in [0.2, 0.25) is 0 Å². The average Bonchev–Trinajstić information content (AvgIpc) is 2.42. The highest BCUT2D eigenvalue weighted by Crippen LogP contribution is 2.17. The van der Waals surface area contributed by atoms with Crippen LogP contribution in [0, 0.1) is 5.92 Å². The standard InChI is InChI=1S/C15H23NO3/c1-12(2)8-9-16-10-11-19-15(17)13-6-4-5-7-14(13)18-3/h4-7,12,16H,8-11H2,1-3H3. The van der Waals surface area contributed by atoms with Gasteiger partial charge < -0.3 is 14.8 Å². The zero-order valence-electron chi connectivity index (χ0n) is 11.9. The normalized spacial score (nSPS) is 10.5. The van der Waals surface area contributed by atoms with E-state index in [1.165, 1.54) is 0 Å². The van der Waals surface area contributed by atoms with Crippen molar-refractivity contribution in [3.63, 3.8) is 0 Å². The maximum Gasteiger partial charge on any atom is 0.341 e. The lowest BCUT2D eigenvalue weighted by molar-refractivity contribution is 0.0505. The third-order valence-corrected chi connectivity index (χ3v) is 2.74. The van der Waals surface area contributed by atoms with E-state index in [9.17, 15) is 4.79 Å². The van der Waals surface area contributed by atoms with Gasteiger partial charge in [0, 0.05) is 6.54 Å². The second-order valence-corrected chi connectivity index (χ2v) is 4.77. The second-order valence-electron chi connectivity index (χ2n) is 4.77. The van der Waals surface area contributed by atoms with E-state index in [-0.39, 0.29) is 5.97 Å². The zero-order chi connectivity index (χ0) is 14.1. The molecule has 0 unspecified atom stereocenters. The summed E-state index contributed by atoms with van der Waals surface area (Å²) in [5.74, 6) is 0.881. The molecule has 106 valence electrons. The van der Waals surface area contributed by atoms with Gasteiger partial charge >= 0.3 is 5.97 Å². The Balaban J connectivity index is 2.28. The van der Waals surface area contributed by atoms with Crippen LogP contribution >= 0.6 is 0 Å². The number of hydrogen-bond donors (Lipinski definition) is 1. The molecule has 0 aliphatic rings. The summed E-state index contributed by atoms with van der Waals surface area (Å²) >= 11 is 0. The van der Waals surface area contributed by atoms with Crippen LogP contribution in [0.4, 0.5) is 0 Å². The fraction of sp³-hybridized carbons (Fsp3) is 0.533. The van der Waals surface area contributed by atoms with Gasteiger partial charge in [0.15, 0.2) is 0 Å². The van der Waals surface area contributed by atoms with Crippen molar-refractivity contribution in [1.82, 2.24) is 5.32 Å². The lowest BCUT2D eigenvalue weighted by atomic mass is 10.1. The maximum atomic E-state index is 11.8. The van der Waals surface area contributed by atoms with Crippen LogP contribution in [0.5, 0.6) is 5.75 Å². The van der Waals surface area contributed by atoms with Gasteiger partial charge in [-0.3, -0.25) is 0 Å². The van der Waals surface area contributed by atoms with Crippen LogP contribution in [-0.2, 0) is 4.74 Å². The van der Waals surface area contributed by atoms with Crippen molar-refractivity contribution in [1.29, 1.82) is 0 Å². The van der Waals surface area contributed by atoms with E-state index >= 15 is 0 Å². The quantitative estimate of drug-likeness (QED) is 0.579. The molecule has 4 nitrogen and oxygen atoms in total. The highest BCUT2D eigenvalue weighted by molar-refractivity contribution is 5.92. The first-order valence-corrected chi connectivity index (χ1v) is 6.66. The summed E-state index contributed by atoms with van der Waals surface area (Å²) in [7, 11) is 1.54.